The van der Waals surface area contributed by atoms with Crippen molar-refractivity contribution in [2.24, 2.45) is 0 Å². The summed E-state index contributed by atoms with van der Waals surface area (Å²) in [5.74, 6) is 0. The fourth-order valence-electron chi connectivity index (χ4n) is 0.471. The van der Waals surface area contributed by atoms with Crippen LogP contribution in [-0.4, -0.2) is 4.98 Å². The topological polar surface area (TPSA) is 36.7 Å². The minimum Gasteiger partial charge on any atom is -0.245 e. The van der Waals surface area contributed by atoms with E-state index in [1.54, 1.807) is 12.1 Å². The van der Waals surface area contributed by atoms with Crippen molar-refractivity contribution in [1.29, 1.82) is 5.26 Å². The van der Waals surface area contributed by atoms with Crippen LogP contribution in [0.2, 0.25) is 0 Å². The molecule has 0 saturated heterocycles. The summed E-state index contributed by atoms with van der Waals surface area (Å²) in [7, 11) is 0. The van der Waals surface area contributed by atoms with E-state index in [1.165, 1.54) is 6.20 Å². The third-order valence-corrected chi connectivity index (χ3v) is 0.901. The van der Waals surface area contributed by atoms with Crippen molar-refractivity contribution in [2.45, 2.75) is 0 Å². The van der Waals surface area contributed by atoms with Gasteiger partial charge >= 0.3 is 0 Å². The average Bonchev–Trinajstić information content (AvgIpc) is 1.90. The smallest absolute Gasteiger partial charge is 0.140 e. The predicted molar refractivity (Wildman–Crippen MR) is 32.4 cm³/mol. The molecule has 1 aromatic rings. The maximum absolute atomic E-state index is 8.28. The van der Waals surface area contributed by atoms with Gasteiger partial charge in [0.2, 0.25) is 0 Å². The molecule has 1 rings (SSSR count). The Bertz CT molecular complexity index is 230. The predicted octanol–water partition coefficient (Wildman–Crippen LogP) is 1.01. The van der Waals surface area contributed by atoms with Crippen molar-refractivity contribution in [3.63, 3.8) is 0 Å². The van der Waals surface area contributed by atoms with E-state index in [1.807, 2.05) is 6.07 Å². The van der Waals surface area contributed by atoms with Crippen LogP contribution in [0.15, 0.2) is 18.3 Å². The van der Waals surface area contributed by atoms with Gasteiger partial charge < -0.3 is 0 Å². The van der Waals surface area contributed by atoms with Crippen LogP contribution in [0.4, 0.5) is 0 Å². The van der Waals surface area contributed by atoms with E-state index in [4.69, 9.17) is 12.2 Å². The van der Waals surface area contributed by atoms with Gasteiger partial charge in [0, 0.05) is 13.1 Å². The highest BCUT2D eigenvalue weighted by Gasteiger charge is 1.86. The van der Waals surface area contributed by atoms with Crippen molar-refractivity contribution in [2.75, 3.05) is 0 Å². The molecule has 42 valence electrons. The molecule has 2 nitrogen and oxygen atoms in total. The average molecular weight is 116 g/mol. The molecular formula is C7H4N2. The van der Waals surface area contributed by atoms with Crippen LogP contribution < -0.4 is 0 Å². The van der Waals surface area contributed by atoms with Gasteiger partial charge in [0.05, 0.1) is 0 Å². The highest BCUT2D eigenvalue weighted by molar-refractivity contribution is 5.24. The zero-order valence-corrected chi connectivity index (χ0v) is 4.70. The Morgan fingerprint density at radius 2 is 2.33 bits per heavy atom. The molecule has 9 heavy (non-hydrogen) atoms. The fraction of sp³-hybridized carbons (Fsp3) is 0. The lowest BCUT2D eigenvalue weighted by atomic mass is 10.3. The second-order valence-electron chi connectivity index (χ2n) is 1.59. The molecule has 0 aliphatic carbocycles. The third-order valence-electron chi connectivity index (χ3n) is 0.901. The molecule has 0 bridgehead atoms. The molecule has 0 aromatic carbocycles. The molecule has 1 heterocycles. The molecule has 0 unspecified atom stereocenters. The van der Waals surface area contributed by atoms with Crippen LogP contribution in [0.5, 0.6) is 0 Å². The molecule has 2 heteroatoms. The van der Waals surface area contributed by atoms with E-state index < -0.39 is 0 Å². The maximum atomic E-state index is 8.28. The Kier molecular flexibility index (Phi) is 1.46. The lowest BCUT2D eigenvalue weighted by Gasteiger charge is -1.86. The van der Waals surface area contributed by atoms with Crippen molar-refractivity contribution in [3.05, 3.63) is 36.5 Å². The first-order chi connectivity index (χ1) is 4.33. The first kappa shape index (κ1) is 5.77. The molecule has 0 fully saturated rings. The minimum atomic E-state index is 0.393. The van der Waals surface area contributed by atoms with Gasteiger partial charge in [-0.2, -0.15) is 5.26 Å². The van der Waals surface area contributed by atoms with E-state index in [-0.39, 0.29) is 0 Å². The quantitative estimate of drug-likeness (QED) is 0.507. The Morgan fingerprint density at radius 1 is 1.56 bits per heavy atom. The van der Waals surface area contributed by atoms with Gasteiger partial charge in [-0.05, 0) is 11.6 Å². The van der Waals surface area contributed by atoms with Crippen LogP contribution in [0, 0.1) is 18.3 Å². The second-order valence-corrected chi connectivity index (χ2v) is 1.59. The highest BCUT2D eigenvalue weighted by Crippen LogP contribution is 1.95. The molecule has 2 radical (unpaired) electrons. The van der Waals surface area contributed by atoms with Crippen molar-refractivity contribution >= 4 is 0 Å². The number of aromatic nitrogens is 1. The lowest BCUT2D eigenvalue weighted by Crippen LogP contribution is -1.80. The summed E-state index contributed by atoms with van der Waals surface area (Å²) < 4.78 is 0. The van der Waals surface area contributed by atoms with Crippen LogP contribution in [0.1, 0.15) is 11.3 Å². The van der Waals surface area contributed by atoms with Gasteiger partial charge in [-0.3, -0.25) is 0 Å². The van der Waals surface area contributed by atoms with Gasteiger partial charge in [-0.1, -0.05) is 6.07 Å². The number of pyridine rings is 1. The van der Waals surface area contributed by atoms with E-state index in [0.29, 0.717) is 11.3 Å². The number of hydrogen-bond donors (Lipinski definition) is 0. The number of nitriles is 1. The largest absolute Gasteiger partial charge is 0.245 e. The van der Waals surface area contributed by atoms with Gasteiger partial charge in [0.15, 0.2) is 0 Å². The molecule has 0 N–H and O–H groups in total. The zero-order chi connectivity index (χ0) is 6.69. The summed E-state index contributed by atoms with van der Waals surface area (Å²) in [4.78, 5) is 3.71. The molecule has 0 amide bonds. The summed E-state index contributed by atoms with van der Waals surface area (Å²) in [6.45, 7) is 5.31. The fourth-order valence-corrected chi connectivity index (χ4v) is 0.471. The van der Waals surface area contributed by atoms with Crippen LogP contribution in [-0.2, 0) is 0 Å². The molecule has 0 atom stereocenters. The van der Waals surface area contributed by atoms with Gasteiger partial charge in [-0.15, -0.1) is 0 Å². The third kappa shape index (κ3) is 1.26. The molecule has 0 spiro atoms. The van der Waals surface area contributed by atoms with E-state index in [0.717, 1.165) is 0 Å². The Labute approximate surface area is 53.8 Å². The van der Waals surface area contributed by atoms with E-state index in [2.05, 4.69) is 4.98 Å². The van der Waals surface area contributed by atoms with Crippen LogP contribution >= 0.6 is 0 Å². The number of nitrogens with zero attached hydrogens (tertiary/aromatic N) is 2. The van der Waals surface area contributed by atoms with E-state index >= 15 is 0 Å². The maximum Gasteiger partial charge on any atom is 0.140 e. The first-order valence-electron chi connectivity index (χ1n) is 2.44. The number of rotatable bonds is 0. The molecule has 1 aromatic heterocycles. The van der Waals surface area contributed by atoms with Crippen LogP contribution in [0.25, 0.3) is 0 Å². The number of hydrogen-bond acceptors (Lipinski definition) is 2. The van der Waals surface area contributed by atoms with Crippen molar-refractivity contribution in [3.8, 4) is 6.07 Å². The summed E-state index contributed by atoms with van der Waals surface area (Å²) in [6, 6.07) is 5.11. The first-order valence-corrected chi connectivity index (χ1v) is 2.44. The zero-order valence-electron chi connectivity index (χ0n) is 4.70. The van der Waals surface area contributed by atoms with Crippen LogP contribution in [0.3, 0.4) is 0 Å². The lowest BCUT2D eigenvalue weighted by molar-refractivity contribution is 1.25. The normalized spacial score (nSPS) is 8.44. The Balaban J connectivity index is 3.06. The van der Waals surface area contributed by atoms with E-state index in [9.17, 15) is 0 Å². The SMILES string of the molecule is [CH]c1ccc(C#N)nc1. The summed E-state index contributed by atoms with van der Waals surface area (Å²) in [6.07, 6.45) is 1.46. The Morgan fingerprint density at radius 3 is 2.78 bits per heavy atom. The molecular weight excluding hydrogens is 112 g/mol. The summed E-state index contributed by atoms with van der Waals surface area (Å²) in [5, 5.41) is 8.28. The Hall–Kier alpha value is -1.36. The van der Waals surface area contributed by atoms with Gasteiger partial charge in [-0.25, -0.2) is 4.98 Å². The highest BCUT2D eigenvalue weighted by atomic mass is 14.7. The standard InChI is InChI=1S/C7H4N2/c1-6-2-3-7(4-8)9-5-6/h1-3,5H. The molecule has 0 saturated carbocycles. The molecule has 0 aliphatic heterocycles. The second kappa shape index (κ2) is 2.27. The van der Waals surface area contributed by atoms with Crippen molar-refractivity contribution < 1.29 is 0 Å². The molecule has 0 aliphatic rings. The monoisotopic (exact) mass is 116 g/mol. The summed E-state index contributed by atoms with van der Waals surface area (Å²) in [5.41, 5.74) is 0.971. The van der Waals surface area contributed by atoms with Gasteiger partial charge in [0.25, 0.3) is 0 Å². The van der Waals surface area contributed by atoms with Gasteiger partial charge in [0.1, 0.15) is 11.8 Å². The minimum absolute atomic E-state index is 0.393. The van der Waals surface area contributed by atoms with Crippen molar-refractivity contribution in [1.82, 2.24) is 4.98 Å². The summed E-state index contributed by atoms with van der Waals surface area (Å²) >= 11 is 0.